The Morgan fingerprint density at radius 2 is 1.40 bits per heavy atom. The van der Waals surface area contributed by atoms with Gasteiger partial charge in [-0.05, 0) is 93.7 Å². The molecule has 1 aromatic rings. The standard InChI is InChI=1S/C18H27BrO/c1-11-12(2)14(4)17(15(5)13(11)3)16(19)10-18(20-6)8-7-9-18/h16H,7-10H2,1-6H3. The summed E-state index contributed by atoms with van der Waals surface area (Å²) in [5.74, 6) is 0. The zero-order chi connectivity index (χ0) is 15.1. The highest BCUT2D eigenvalue weighted by molar-refractivity contribution is 9.09. The first kappa shape index (κ1) is 16.0. The van der Waals surface area contributed by atoms with Crippen LogP contribution in [0.1, 0.15) is 63.9 Å². The molecule has 0 radical (unpaired) electrons. The van der Waals surface area contributed by atoms with Crippen molar-refractivity contribution in [2.75, 3.05) is 7.11 Å². The highest BCUT2D eigenvalue weighted by Crippen LogP contribution is 2.46. The van der Waals surface area contributed by atoms with Crippen molar-refractivity contribution in [3.63, 3.8) is 0 Å². The van der Waals surface area contributed by atoms with E-state index in [1.165, 1.54) is 52.6 Å². The maximum atomic E-state index is 5.80. The lowest BCUT2D eigenvalue weighted by Crippen LogP contribution is -2.40. The Balaban J connectivity index is 2.37. The molecule has 1 unspecified atom stereocenters. The molecular weight excluding hydrogens is 312 g/mol. The van der Waals surface area contributed by atoms with Gasteiger partial charge >= 0.3 is 0 Å². The van der Waals surface area contributed by atoms with Crippen molar-refractivity contribution < 1.29 is 4.74 Å². The molecule has 1 aliphatic rings. The van der Waals surface area contributed by atoms with E-state index in [1.54, 1.807) is 0 Å². The van der Waals surface area contributed by atoms with Gasteiger partial charge in [-0.25, -0.2) is 0 Å². The Morgan fingerprint density at radius 3 is 1.75 bits per heavy atom. The topological polar surface area (TPSA) is 9.23 Å². The van der Waals surface area contributed by atoms with Gasteiger partial charge in [0.15, 0.2) is 0 Å². The van der Waals surface area contributed by atoms with Gasteiger partial charge < -0.3 is 4.74 Å². The van der Waals surface area contributed by atoms with Crippen molar-refractivity contribution in [2.24, 2.45) is 0 Å². The zero-order valence-electron chi connectivity index (χ0n) is 13.7. The molecule has 0 N–H and O–H groups in total. The summed E-state index contributed by atoms with van der Waals surface area (Å²) in [4.78, 5) is 0.390. The van der Waals surface area contributed by atoms with Crippen LogP contribution in [-0.4, -0.2) is 12.7 Å². The second-order valence-electron chi connectivity index (χ2n) is 6.45. The first-order valence-corrected chi connectivity index (χ1v) is 8.50. The highest BCUT2D eigenvalue weighted by atomic mass is 79.9. The molecule has 0 aromatic heterocycles. The van der Waals surface area contributed by atoms with Crippen LogP contribution in [0.4, 0.5) is 0 Å². The molecule has 1 saturated carbocycles. The summed E-state index contributed by atoms with van der Waals surface area (Å²) in [5, 5.41) is 0. The summed E-state index contributed by atoms with van der Waals surface area (Å²) >= 11 is 3.95. The molecule has 1 atom stereocenters. The maximum absolute atomic E-state index is 5.80. The minimum atomic E-state index is 0.111. The normalized spacial score (nSPS) is 18.8. The van der Waals surface area contributed by atoms with E-state index >= 15 is 0 Å². The maximum Gasteiger partial charge on any atom is 0.0692 e. The van der Waals surface area contributed by atoms with Gasteiger partial charge in [0.1, 0.15) is 0 Å². The average molecular weight is 339 g/mol. The monoisotopic (exact) mass is 338 g/mol. The number of benzene rings is 1. The van der Waals surface area contributed by atoms with Gasteiger partial charge in [-0.1, -0.05) is 15.9 Å². The fourth-order valence-electron chi connectivity index (χ4n) is 3.49. The number of methoxy groups -OCH3 is 1. The summed E-state index contributed by atoms with van der Waals surface area (Å²) < 4.78 is 5.80. The lowest BCUT2D eigenvalue weighted by molar-refractivity contribution is -0.0773. The van der Waals surface area contributed by atoms with E-state index < -0.39 is 0 Å². The van der Waals surface area contributed by atoms with Crippen molar-refractivity contribution in [1.29, 1.82) is 0 Å². The minimum Gasteiger partial charge on any atom is -0.378 e. The summed E-state index contributed by atoms with van der Waals surface area (Å²) in [6.45, 7) is 11.3. The first-order valence-electron chi connectivity index (χ1n) is 7.59. The van der Waals surface area contributed by atoms with Gasteiger partial charge in [-0.3, -0.25) is 0 Å². The molecule has 0 bridgehead atoms. The zero-order valence-corrected chi connectivity index (χ0v) is 15.3. The number of alkyl halides is 1. The first-order chi connectivity index (χ1) is 9.33. The van der Waals surface area contributed by atoms with Crippen molar-refractivity contribution in [3.05, 3.63) is 33.4 Å². The van der Waals surface area contributed by atoms with E-state index in [2.05, 4.69) is 50.5 Å². The largest absolute Gasteiger partial charge is 0.378 e. The van der Waals surface area contributed by atoms with E-state index in [4.69, 9.17) is 4.74 Å². The molecule has 0 saturated heterocycles. The van der Waals surface area contributed by atoms with E-state index in [-0.39, 0.29) is 5.60 Å². The van der Waals surface area contributed by atoms with E-state index in [9.17, 15) is 0 Å². The molecule has 1 aromatic carbocycles. The van der Waals surface area contributed by atoms with E-state index in [0.29, 0.717) is 4.83 Å². The van der Waals surface area contributed by atoms with Crippen molar-refractivity contribution >= 4 is 15.9 Å². The second-order valence-corrected chi connectivity index (χ2v) is 7.56. The number of hydrogen-bond donors (Lipinski definition) is 0. The van der Waals surface area contributed by atoms with Crippen LogP contribution in [0.3, 0.4) is 0 Å². The molecule has 1 fully saturated rings. The Morgan fingerprint density at radius 1 is 0.950 bits per heavy atom. The predicted octanol–water partition coefficient (Wildman–Crippen LogP) is 5.62. The molecule has 1 nitrogen and oxygen atoms in total. The van der Waals surface area contributed by atoms with Gasteiger partial charge in [-0.15, -0.1) is 0 Å². The molecule has 0 spiro atoms. The predicted molar refractivity (Wildman–Crippen MR) is 90.0 cm³/mol. The van der Waals surface area contributed by atoms with Crippen LogP contribution in [0, 0.1) is 34.6 Å². The van der Waals surface area contributed by atoms with Crippen molar-refractivity contribution in [2.45, 2.75) is 70.7 Å². The fourth-order valence-corrected chi connectivity index (χ4v) is 4.77. The Bertz CT molecular complexity index is 480. The SMILES string of the molecule is COC1(CC(Br)c2c(C)c(C)c(C)c(C)c2C)CCC1. The van der Waals surface area contributed by atoms with Crippen molar-refractivity contribution in [3.8, 4) is 0 Å². The minimum absolute atomic E-state index is 0.111. The van der Waals surface area contributed by atoms with Crippen LogP contribution in [-0.2, 0) is 4.74 Å². The summed E-state index contributed by atoms with van der Waals surface area (Å²) in [6, 6.07) is 0. The smallest absolute Gasteiger partial charge is 0.0692 e. The molecular formula is C18H27BrO. The Kier molecular flexibility index (Phi) is 4.66. The molecule has 1 aliphatic carbocycles. The number of rotatable bonds is 4. The molecule has 0 heterocycles. The fraction of sp³-hybridized carbons (Fsp3) is 0.667. The van der Waals surface area contributed by atoms with Crippen LogP contribution in [0.25, 0.3) is 0 Å². The lowest BCUT2D eigenvalue weighted by atomic mass is 9.75. The Hall–Kier alpha value is -0.340. The second kappa shape index (κ2) is 5.81. The van der Waals surface area contributed by atoms with Crippen LogP contribution in [0.15, 0.2) is 0 Å². The van der Waals surface area contributed by atoms with Gasteiger partial charge in [0.25, 0.3) is 0 Å². The third kappa shape index (κ3) is 2.57. The Labute approximate surface area is 132 Å². The van der Waals surface area contributed by atoms with Crippen LogP contribution >= 0.6 is 15.9 Å². The average Bonchev–Trinajstić information content (AvgIpc) is 2.38. The summed E-state index contributed by atoms with van der Waals surface area (Å²) in [5.41, 5.74) is 8.79. The van der Waals surface area contributed by atoms with E-state index in [0.717, 1.165) is 6.42 Å². The van der Waals surface area contributed by atoms with Gasteiger partial charge in [0.2, 0.25) is 0 Å². The van der Waals surface area contributed by atoms with Crippen LogP contribution in [0.5, 0.6) is 0 Å². The third-order valence-corrected chi connectivity index (χ3v) is 6.40. The highest BCUT2D eigenvalue weighted by Gasteiger charge is 2.39. The van der Waals surface area contributed by atoms with Gasteiger partial charge in [0, 0.05) is 11.9 Å². The molecule has 20 heavy (non-hydrogen) atoms. The van der Waals surface area contributed by atoms with Crippen LogP contribution < -0.4 is 0 Å². The summed E-state index contributed by atoms with van der Waals surface area (Å²) in [7, 11) is 1.87. The molecule has 0 aliphatic heterocycles. The number of ether oxygens (including phenoxy) is 1. The van der Waals surface area contributed by atoms with Gasteiger partial charge in [0.05, 0.1) is 5.60 Å². The molecule has 2 heteroatoms. The number of hydrogen-bond acceptors (Lipinski definition) is 1. The molecule has 112 valence electrons. The molecule has 2 rings (SSSR count). The third-order valence-electron chi connectivity index (χ3n) is 5.62. The van der Waals surface area contributed by atoms with Crippen molar-refractivity contribution in [1.82, 2.24) is 0 Å². The quantitative estimate of drug-likeness (QED) is 0.647. The molecule has 0 amide bonds. The van der Waals surface area contributed by atoms with Gasteiger partial charge in [-0.2, -0.15) is 0 Å². The number of halogens is 1. The lowest BCUT2D eigenvalue weighted by Gasteiger charge is -2.42. The summed E-state index contributed by atoms with van der Waals surface area (Å²) in [6.07, 6.45) is 4.78. The van der Waals surface area contributed by atoms with Crippen LogP contribution in [0.2, 0.25) is 0 Å². The van der Waals surface area contributed by atoms with E-state index in [1.807, 2.05) is 7.11 Å².